The molecule has 0 saturated carbocycles. The highest BCUT2D eigenvalue weighted by molar-refractivity contribution is 5.88. The van der Waals surface area contributed by atoms with Crippen molar-refractivity contribution in [3.8, 4) is 0 Å². The minimum Gasteiger partial charge on any atom is -0.457 e. The van der Waals surface area contributed by atoms with E-state index < -0.39 is 29.5 Å². The molecule has 0 bridgehead atoms. The summed E-state index contributed by atoms with van der Waals surface area (Å²) in [5.41, 5.74) is -0.139. The average Bonchev–Trinajstić information content (AvgIpc) is 2.72. The first-order chi connectivity index (χ1) is 14.5. The number of aliphatic hydroxyl groups is 2. The number of esters is 1. The lowest BCUT2D eigenvalue weighted by molar-refractivity contribution is -0.154. The number of hydrogen-bond donors (Lipinski definition) is 2. The zero-order valence-electron chi connectivity index (χ0n) is 20.4. The van der Waals surface area contributed by atoms with Gasteiger partial charge in [0.25, 0.3) is 0 Å². The van der Waals surface area contributed by atoms with Gasteiger partial charge in [0.2, 0.25) is 0 Å². The molecule has 0 radical (unpaired) electrons. The van der Waals surface area contributed by atoms with Gasteiger partial charge in [-0.2, -0.15) is 0 Å². The van der Waals surface area contributed by atoms with Crippen LogP contribution in [0.2, 0.25) is 0 Å². The van der Waals surface area contributed by atoms with Gasteiger partial charge >= 0.3 is 5.97 Å². The normalized spacial score (nSPS) is 33.0. The lowest BCUT2D eigenvalue weighted by Gasteiger charge is -2.34. The maximum absolute atomic E-state index is 13.1. The van der Waals surface area contributed by atoms with Crippen molar-refractivity contribution in [3.63, 3.8) is 0 Å². The van der Waals surface area contributed by atoms with E-state index in [4.69, 9.17) is 4.74 Å². The Morgan fingerprint density at radius 2 is 1.90 bits per heavy atom. The standard InChI is InChI=1S/C26H44O5/c1-7-8-11-14-18(2)21-16-13-10-9-12-15-19(3)24(29)20(4)25(30)26(5,6)22(27)17-23(28)31-21/h10,13-14,19-22,24,27,29H,7-9,11-12,15-17H2,1-6H3/b13-10+,18-14+/t19?,20?,21-,22?,24-/m0/s1. The summed E-state index contributed by atoms with van der Waals surface area (Å²) in [5.74, 6) is -1.37. The summed E-state index contributed by atoms with van der Waals surface area (Å²) in [4.78, 5) is 25.7. The van der Waals surface area contributed by atoms with Crippen LogP contribution in [-0.4, -0.2) is 40.3 Å². The molecule has 0 fully saturated rings. The summed E-state index contributed by atoms with van der Waals surface area (Å²) in [7, 11) is 0. The molecule has 5 nitrogen and oxygen atoms in total. The molecule has 0 aromatic rings. The van der Waals surface area contributed by atoms with Crippen LogP contribution in [0.25, 0.3) is 0 Å². The molecule has 2 N–H and O–H groups in total. The molecule has 31 heavy (non-hydrogen) atoms. The lowest BCUT2D eigenvalue weighted by Crippen LogP contribution is -2.45. The molecule has 0 aromatic carbocycles. The number of carbonyl (C=O) groups is 2. The fourth-order valence-corrected chi connectivity index (χ4v) is 4.08. The van der Waals surface area contributed by atoms with E-state index in [2.05, 4.69) is 25.2 Å². The van der Waals surface area contributed by atoms with Crippen LogP contribution in [0.15, 0.2) is 23.8 Å². The summed E-state index contributed by atoms with van der Waals surface area (Å²) in [5, 5.41) is 21.4. The highest BCUT2D eigenvalue weighted by Crippen LogP contribution is 2.32. The fraction of sp³-hybridized carbons (Fsp3) is 0.769. The number of rotatable bonds is 4. The summed E-state index contributed by atoms with van der Waals surface area (Å²) in [6.07, 6.45) is 10.1. The van der Waals surface area contributed by atoms with E-state index in [1.807, 2.05) is 13.8 Å². The third-order valence-corrected chi connectivity index (χ3v) is 6.69. The number of Topliss-reactive ketones (excluding diaryl/α,β-unsaturated/α-hetero) is 1. The zero-order valence-corrected chi connectivity index (χ0v) is 20.4. The van der Waals surface area contributed by atoms with Crippen molar-refractivity contribution >= 4 is 11.8 Å². The Kier molecular flexibility index (Phi) is 11.7. The second-order valence-electron chi connectivity index (χ2n) is 9.77. The van der Waals surface area contributed by atoms with Crippen LogP contribution in [-0.2, 0) is 14.3 Å². The molecule has 0 saturated heterocycles. The molecule has 1 aliphatic rings. The number of hydrogen-bond acceptors (Lipinski definition) is 5. The third kappa shape index (κ3) is 8.53. The van der Waals surface area contributed by atoms with E-state index in [0.717, 1.165) is 44.1 Å². The first-order valence-electron chi connectivity index (χ1n) is 11.9. The predicted molar refractivity (Wildman–Crippen MR) is 125 cm³/mol. The second kappa shape index (κ2) is 13.2. The van der Waals surface area contributed by atoms with E-state index in [9.17, 15) is 19.8 Å². The topological polar surface area (TPSA) is 83.8 Å². The molecule has 5 atom stereocenters. The van der Waals surface area contributed by atoms with Crippen LogP contribution in [0.5, 0.6) is 0 Å². The molecule has 178 valence electrons. The van der Waals surface area contributed by atoms with Crippen molar-refractivity contribution < 1.29 is 24.5 Å². The highest BCUT2D eigenvalue weighted by Gasteiger charge is 2.42. The van der Waals surface area contributed by atoms with Gasteiger partial charge < -0.3 is 14.9 Å². The molecule has 1 rings (SSSR count). The van der Waals surface area contributed by atoms with Crippen LogP contribution in [0, 0.1) is 17.3 Å². The molecule has 1 heterocycles. The summed E-state index contributed by atoms with van der Waals surface area (Å²) < 4.78 is 5.73. The van der Waals surface area contributed by atoms with Gasteiger partial charge in [0.05, 0.1) is 24.0 Å². The molecule has 0 amide bonds. The smallest absolute Gasteiger partial charge is 0.309 e. The number of ketones is 1. The van der Waals surface area contributed by atoms with E-state index in [1.165, 1.54) is 0 Å². The quantitative estimate of drug-likeness (QED) is 0.362. The number of ether oxygens (including phenoxy) is 1. The van der Waals surface area contributed by atoms with Gasteiger partial charge in [-0.15, -0.1) is 0 Å². The Morgan fingerprint density at radius 3 is 2.55 bits per heavy atom. The Morgan fingerprint density at radius 1 is 1.23 bits per heavy atom. The minimum absolute atomic E-state index is 0.0188. The van der Waals surface area contributed by atoms with Crippen molar-refractivity contribution in [2.24, 2.45) is 17.3 Å². The van der Waals surface area contributed by atoms with Crippen LogP contribution in [0.3, 0.4) is 0 Å². The Bertz CT molecular complexity index is 634. The number of cyclic esters (lactones) is 1. The summed E-state index contributed by atoms with van der Waals surface area (Å²) >= 11 is 0. The maximum atomic E-state index is 13.1. The van der Waals surface area contributed by atoms with Crippen LogP contribution < -0.4 is 0 Å². The molecule has 0 spiro atoms. The van der Waals surface area contributed by atoms with Gasteiger partial charge in [-0.1, -0.05) is 65.7 Å². The predicted octanol–water partition coefficient (Wildman–Crippen LogP) is 5.14. The van der Waals surface area contributed by atoms with E-state index in [0.29, 0.717) is 6.42 Å². The summed E-state index contributed by atoms with van der Waals surface area (Å²) in [6.45, 7) is 11.1. The maximum Gasteiger partial charge on any atom is 0.309 e. The Balaban J connectivity index is 3.09. The van der Waals surface area contributed by atoms with Gasteiger partial charge in [0.1, 0.15) is 11.9 Å². The monoisotopic (exact) mass is 436 g/mol. The number of unbranched alkanes of at least 4 members (excludes halogenated alkanes) is 2. The second-order valence-corrected chi connectivity index (χ2v) is 9.77. The third-order valence-electron chi connectivity index (χ3n) is 6.69. The molecule has 1 aliphatic heterocycles. The Hall–Kier alpha value is -1.46. The van der Waals surface area contributed by atoms with Gasteiger partial charge in [0, 0.05) is 12.3 Å². The molecule has 0 aromatic heterocycles. The number of allylic oxidation sites excluding steroid dienone is 2. The van der Waals surface area contributed by atoms with Crippen LogP contribution in [0.1, 0.15) is 92.9 Å². The SMILES string of the molecule is CCCC/C=C(\C)[C@@H]1C/C=C/CCCC(C)[C@H](O)C(C)C(=O)C(C)(C)C(O)CC(=O)O1. The van der Waals surface area contributed by atoms with Gasteiger partial charge in [-0.3, -0.25) is 9.59 Å². The molecular weight excluding hydrogens is 392 g/mol. The summed E-state index contributed by atoms with van der Waals surface area (Å²) in [6, 6.07) is 0. The highest BCUT2D eigenvalue weighted by atomic mass is 16.5. The molecule has 3 unspecified atom stereocenters. The van der Waals surface area contributed by atoms with Crippen molar-refractivity contribution in [2.45, 2.75) is 111 Å². The van der Waals surface area contributed by atoms with Gasteiger partial charge in [-0.05, 0) is 44.1 Å². The average molecular weight is 437 g/mol. The molecular formula is C26H44O5. The van der Waals surface area contributed by atoms with Crippen molar-refractivity contribution in [1.29, 1.82) is 0 Å². The largest absolute Gasteiger partial charge is 0.457 e. The molecule has 5 heteroatoms. The first kappa shape index (κ1) is 27.6. The van der Waals surface area contributed by atoms with Gasteiger partial charge in [-0.25, -0.2) is 0 Å². The van der Waals surface area contributed by atoms with Gasteiger partial charge in [0.15, 0.2) is 0 Å². The zero-order chi connectivity index (χ0) is 23.6. The first-order valence-corrected chi connectivity index (χ1v) is 11.9. The van der Waals surface area contributed by atoms with Crippen LogP contribution >= 0.6 is 0 Å². The lowest BCUT2D eigenvalue weighted by atomic mass is 9.73. The van der Waals surface area contributed by atoms with Crippen LogP contribution in [0.4, 0.5) is 0 Å². The van der Waals surface area contributed by atoms with Crippen molar-refractivity contribution in [2.75, 3.05) is 0 Å². The van der Waals surface area contributed by atoms with E-state index in [-0.39, 0.29) is 24.2 Å². The molecule has 0 aliphatic carbocycles. The minimum atomic E-state index is -1.18. The van der Waals surface area contributed by atoms with Crippen molar-refractivity contribution in [1.82, 2.24) is 0 Å². The fourth-order valence-electron chi connectivity index (χ4n) is 4.08. The van der Waals surface area contributed by atoms with E-state index >= 15 is 0 Å². The van der Waals surface area contributed by atoms with Crippen molar-refractivity contribution in [3.05, 3.63) is 23.8 Å². The Labute approximate surface area is 189 Å². The number of carbonyl (C=O) groups excluding carboxylic acids is 2. The van der Waals surface area contributed by atoms with E-state index in [1.54, 1.807) is 20.8 Å². The number of aliphatic hydroxyl groups excluding tert-OH is 2.